The fraction of sp³-hybridized carbons (Fsp3) is 0.267. The molecule has 1 N–H and O–H groups in total. The molecule has 3 rings (SSSR count). The van der Waals surface area contributed by atoms with E-state index in [1.165, 1.54) is 4.88 Å². The van der Waals surface area contributed by atoms with Crippen LogP contribution in [0.25, 0.3) is 0 Å². The largest absolute Gasteiger partial charge is 0.354 e. The van der Waals surface area contributed by atoms with E-state index in [1.807, 2.05) is 25.1 Å². The minimum atomic E-state index is 0.784. The van der Waals surface area contributed by atoms with Gasteiger partial charge in [-0.15, -0.1) is 11.3 Å². The van der Waals surface area contributed by atoms with Crippen LogP contribution >= 0.6 is 22.9 Å². The molecule has 5 heteroatoms. The molecular weight excluding hydrogens is 290 g/mol. The Morgan fingerprint density at radius 1 is 1.35 bits per heavy atom. The lowest BCUT2D eigenvalue weighted by molar-refractivity contribution is 0.930. The molecule has 3 nitrogen and oxygen atoms in total. The van der Waals surface area contributed by atoms with Gasteiger partial charge in [0, 0.05) is 11.4 Å². The lowest BCUT2D eigenvalue weighted by atomic mass is 10.2. The third-order valence-corrected chi connectivity index (χ3v) is 4.62. The van der Waals surface area contributed by atoms with Crippen LogP contribution < -0.4 is 10.2 Å². The van der Waals surface area contributed by atoms with Crippen LogP contribution in [0.1, 0.15) is 10.4 Å². The number of aryl methyl sites for hydroxylation is 1. The molecule has 20 heavy (non-hydrogen) atoms. The van der Waals surface area contributed by atoms with Crippen LogP contribution in [0.4, 0.5) is 5.69 Å². The monoisotopic (exact) mass is 305 g/mol. The van der Waals surface area contributed by atoms with Crippen LogP contribution in [-0.4, -0.2) is 19.0 Å². The Morgan fingerprint density at radius 3 is 2.95 bits per heavy atom. The molecule has 0 aliphatic carbocycles. The molecule has 0 bridgehead atoms. The highest BCUT2D eigenvalue weighted by Crippen LogP contribution is 2.30. The Hall–Kier alpha value is -1.52. The van der Waals surface area contributed by atoms with E-state index in [1.54, 1.807) is 11.3 Å². The van der Waals surface area contributed by atoms with Gasteiger partial charge in [0.05, 0.1) is 23.8 Å². The summed E-state index contributed by atoms with van der Waals surface area (Å²) in [6, 6.07) is 10.3. The lowest BCUT2D eigenvalue weighted by Crippen LogP contribution is -2.38. The zero-order valence-electron chi connectivity index (χ0n) is 11.3. The topological polar surface area (TPSA) is 27.6 Å². The van der Waals surface area contributed by atoms with Gasteiger partial charge in [0.15, 0.2) is 5.96 Å². The van der Waals surface area contributed by atoms with Gasteiger partial charge in [0.2, 0.25) is 0 Å². The number of anilines is 1. The summed E-state index contributed by atoms with van der Waals surface area (Å²) in [4.78, 5) is 7.99. The van der Waals surface area contributed by atoms with Gasteiger partial charge < -0.3 is 10.2 Å². The summed E-state index contributed by atoms with van der Waals surface area (Å²) in [5, 5.41) is 6.22. The van der Waals surface area contributed by atoms with E-state index in [9.17, 15) is 0 Å². The van der Waals surface area contributed by atoms with Crippen LogP contribution in [-0.2, 0) is 6.54 Å². The first kappa shape index (κ1) is 13.5. The lowest BCUT2D eigenvalue weighted by Gasteiger charge is -2.25. The van der Waals surface area contributed by atoms with Gasteiger partial charge in [0.25, 0.3) is 0 Å². The van der Waals surface area contributed by atoms with Gasteiger partial charge >= 0.3 is 0 Å². The van der Waals surface area contributed by atoms with Crippen LogP contribution in [0, 0.1) is 6.92 Å². The minimum absolute atomic E-state index is 0.784. The number of nitrogens with one attached hydrogen (secondary N) is 1. The highest BCUT2D eigenvalue weighted by molar-refractivity contribution is 7.09. The van der Waals surface area contributed by atoms with Crippen molar-refractivity contribution < 1.29 is 0 Å². The van der Waals surface area contributed by atoms with E-state index in [2.05, 4.69) is 32.7 Å². The number of thiophene rings is 1. The standard InChI is InChI=1S/C15H16ClN3S/c1-11-4-2-6-13(14(11)16)19(15-17-7-8-18-15)10-12-5-3-9-20-12/h2-6,9H,7-8,10H2,1H3,(H,17,18). The van der Waals surface area contributed by atoms with Crippen LogP contribution in [0.15, 0.2) is 40.7 Å². The SMILES string of the molecule is Cc1cccc(N(Cc2cccs2)C2=NCCN2)c1Cl. The average molecular weight is 306 g/mol. The summed E-state index contributed by atoms with van der Waals surface area (Å²) >= 11 is 8.23. The zero-order chi connectivity index (χ0) is 13.9. The van der Waals surface area contributed by atoms with Crippen LogP contribution in [0.3, 0.4) is 0 Å². The van der Waals surface area contributed by atoms with Gasteiger partial charge in [-0.1, -0.05) is 29.8 Å². The Balaban J connectivity index is 1.98. The highest BCUT2D eigenvalue weighted by atomic mass is 35.5. The maximum absolute atomic E-state index is 6.49. The number of halogens is 1. The number of benzene rings is 1. The molecule has 0 unspecified atom stereocenters. The number of hydrogen-bond acceptors (Lipinski definition) is 4. The van der Waals surface area contributed by atoms with E-state index < -0.39 is 0 Å². The quantitative estimate of drug-likeness (QED) is 0.937. The third-order valence-electron chi connectivity index (χ3n) is 3.27. The van der Waals surface area contributed by atoms with E-state index in [4.69, 9.17) is 11.6 Å². The first-order valence-electron chi connectivity index (χ1n) is 6.59. The first-order chi connectivity index (χ1) is 9.75. The molecule has 0 amide bonds. The van der Waals surface area contributed by atoms with Gasteiger partial charge in [-0.2, -0.15) is 0 Å². The Morgan fingerprint density at radius 2 is 2.25 bits per heavy atom. The molecule has 0 atom stereocenters. The van der Waals surface area contributed by atoms with Crippen LogP contribution in [0.5, 0.6) is 0 Å². The maximum atomic E-state index is 6.49. The fourth-order valence-corrected chi connectivity index (χ4v) is 3.16. The normalized spacial score (nSPS) is 14.0. The summed E-state index contributed by atoms with van der Waals surface area (Å²) in [7, 11) is 0. The van der Waals surface area contributed by atoms with E-state index in [0.29, 0.717) is 0 Å². The number of hydrogen-bond donors (Lipinski definition) is 1. The van der Waals surface area contributed by atoms with Crippen molar-refractivity contribution in [3.8, 4) is 0 Å². The molecule has 1 aliphatic rings. The molecule has 1 aliphatic heterocycles. The molecule has 2 aromatic rings. The van der Waals surface area contributed by atoms with Gasteiger partial charge in [-0.05, 0) is 30.0 Å². The fourth-order valence-electron chi connectivity index (χ4n) is 2.24. The predicted octanol–water partition coefficient (Wildman–Crippen LogP) is 3.68. The average Bonchev–Trinajstić information content (AvgIpc) is 3.11. The molecule has 0 saturated carbocycles. The molecular formula is C15H16ClN3S. The third kappa shape index (κ3) is 2.67. The van der Waals surface area contributed by atoms with E-state index >= 15 is 0 Å². The maximum Gasteiger partial charge on any atom is 0.199 e. The van der Waals surface area contributed by atoms with Crippen molar-refractivity contribution >= 4 is 34.6 Å². The summed E-state index contributed by atoms with van der Waals surface area (Å²) in [6.45, 7) is 4.52. The Kier molecular flexibility index (Phi) is 3.94. The molecule has 104 valence electrons. The van der Waals surface area contributed by atoms with Gasteiger partial charge in [-0.3, -0.25) is 4.99 Å². The van der Waals surface area contributed by atoms with E-state index in [-0.39, 0.29) is 0 Å². The summed E-state index contributed by atoms with van der Waals surface area (Å²) in [5.41, 5.74) is 2.09. The molecule has 0 radical (unpaired) electrons. The molecule has 0 spiro atoms. The number of guanidine groups is 1. The van der Waals surface area contributed by atoms with Crippen molar-refractivity contribution in [3.63, 3.8) is 0 Å². The number of nitrogens with zero attached hydrogens (tertiary/aromatic N) is 2. The molecule has 1 aromatic heterocycles. The molecule has 2 heterocycles. The second-order valence-electron chi connectivity index (χ2n) is 4.71. The van der Waals surface area contributed by atoms with Crippen molar-refractivity contribution in [1.82, 2.24) is 5.32 Å². The van der Waals surface area contributed by atoms with Crippen molar-refractivity contribution in [3.05, 3.63) is 51.2 Å². The van der Waals surface area contributed by atoms with Crippen molar-refractivity contribution in [2.24, 2.45) is 4.99 Å². The minimum Gasteiger partial charge on any atom is -0.354 e. The first-order valence-corrected chi connectivity index (χ1v) is 7.85. The van der Waals surface area contributed by atoms with Gasteiger partial charge in [-0.25, -0.2) is 0 Å². The second-order valence-corrected chi connectivity index (χ2v) is 6.12. The molecule has 1 aromatic carbocycles. The predicted molar refractivity (Wildman–Crippen MR) is 87.0 cm³/mol. The van der Waals surface area contributed by atoms with Crippen molar-refractivity contribution in [2.75, 3.05) is 18.0 Å². The number of rotatable bonds is 3. The summed E-state index contributed by atoms with van der Waals surface area (Å²) < 4.78 is 0. The second kappa shape index (κ2) is 5.85. The van der Waals surface area contributed by atoms with E-state index in [0.717, 1.165) is 41.9 Å². The zero-order valence-corrected chi connectivity index (χ0v) is 12.8. The van der Waals surface area contributed by atoms with Crippen molar-refractivity contribution in [2.45, 2.75) is 13.5 Å². The summed E-state index contributed by atoms with van der Waals surface area (Å²) in [5.74, 6) is 0.908. The highest BCUT2D eigenvalue weighted by Gasteiger charge is 2.20. The summed E-state index contributed by atoms with van der Waals surface area (Å²) in [6.07, 6.45) is 0. The van der Waals surface area contributed by atoms with Crippen LogP contribution in [0.2, 0.25) is 5.02 Å². The molecule has 0 fully saturated rings. The Bertz CT molecular complexity index is 622. The number of aliphatic imine (C=N–C) groups is 1. The Labute approximate surface area is 127 Å². The smallest absolute Gasteiger partial charge is 0.199 e. The van der Waals surface area contributed by atoms with Crippen molar-refractivity contribution in [1.29, 1.82) is 0 Å². The molecule has 0 saturated heterocycles. The van der Waals surface area contributed by atoms with Gasteiger partial charge in [0.1, 0.15) is 0 Å².